The second-order valence-corrected chi connectivity index (χ2v) is 5.25. The average Bonchev–Trinajstić information content (AvgIpc) is 2.46. The van der Waals surface area contributed by atoms with E-state index in [1.165, 1.54) is 5.56 Å². The van der Waals surface area contributed by atoms with E-state index in [2.05, 4.69) is 13.0 Å². The fourth-order valence-electron chi connectivity index (χ4n) is 2.50. The third kappa shape index (κ3) is 3.72. The highest BCUT2D eigenvalue weighted by Crippen LogP contribution is 2.21. The number of para-hydroxylation sites is 1. The van der Waals surface area contributed by atoms with Gasteiger partial charge in [0.15, 0.2) is 0 Å². The Bertz CT molecular complexity index is 423. The van der Waals surface area contributed by atoms with Gasteiger partial charge in [0.05, 0.1) is 6.61 Å². The van der Waals surface area contributed by atoms with Crippen molar-refractivity contribution in [2.75, 3.05) is 19.7 Å². The van der Waals surface area contributed by atoms with Gasteiger partial charge < -0.3 is 9.64 Å². The van der Waals surface area contributed by atoms with Gasteiger partial charge in [0, 0.05) is 19.5 Å². The molecular formula is C16H23NO2. The van der Waals surface area contributed by atoms with Crippen molar-refractivity contribution in [3.8, 4) is 5.75 Å². The maximum absolute atomic E-state index is 11.6. The highest BCUT2D eigenvalue weighted by atomic mass is 16.5. The summed E-state index contributed by atoms with van der Waals surface area (Å²) in [5.41, 5.74) is 1.18. The van der Waals surface area contributed by atoms with Crippen molar-refractivity contribution in [3.05, 3.63) is 29.8 Å². The number of piperidine rings is 1. The molecule has 3 heteroatoms. The van der Waals surface area contributed by atoms with E-state index in [9.17, 15) is 4.79 Å². The monoisotopic (exact) mass is 261 g/mol. The van der Waals surface area contributed by atoms with Gasteiger partial charge in [-0.25, -0.2) is 0 Å². The van der Waals surface area contributed by atoms with Crippen molar-refractivity contribution in [2.45, 2.75) is 33.1 Å². The number of carbonyl (C=O) groups excluding carboxylic acids is 1. The molecule has 1 amide bonds. The highest BCUT2D eigenvalue weighted by Gasteiger charge is 2.22. The summed E-state index contributed by atoms with van der Waals surface area (Å²) in [5, 5.41) is 0. The molecule has 0 atom stereocenters. The van der Waals surface area contributed by atoms with Gasteiger partial charge in [0.2, 0.25) is 5.91 Å². The van der Waals surface area contributed by atoms with Crippen molar-refractivity contribution in [1.82, 2.24) is 4.90 Å². The van der Waals surface area contributed by atoms with Gasteiger partial charge in [0.1, 0.15) is 5.75 Å². The van der Waals surface area contributed by atoms with E-state index in [0.717, 1.165) is 38.3 Å². The number of likely N-dealkylation sites (tertiary alicyclic amines) is 1. The van der Waals surface area contributed by atoms with Crippen LogP contribution in [0.5, 0.6) is 5.75 Å². The van der Waals surface area contributed by atoms with Gasteiger partial charge in [-0.2, -0.15) is 0 Å². The fraction of sp³-hybridized carbons (Fsp3) is 0.562. The molecule has 2 rings (SSSR count). The van der Waals surface area contributed by atoms with Gasteiger partial charge in [-0.1, -0.05) is 25.1 Å². The van der Waals surface area contributed by atoms with Crippen molar-refractivity contribution >= 4 is 5.91 Å². The van der Waals surface area contributed by atoms with E-state index in [0.29, 0.717) is 12.3 Å². The van der Waals surface area contributed by atoms with Crippen LogP contribution >= 0.6 is 0 Å². The Hall–Kier alpha value is -1.51. The molecule has 0 aromatic heterocycles. The minimum atomic E-state index is 0.276. The number of ether oxygens (including phenoxy) is 1. The van der Waals surface area contributed by atoms with E-state index in [-0.39, 0.29) is 5.91 Å². The number of hydrogen-bond acceptors (Lipinski definition) is 2. The van der Waals surface area contributed by atoms with E-state index < -0.39 is 0 Å². The number of amides is 1. The molecule has 0 bridgehead atoms. The van der Waals surface area contributed by atoms with Gasteiger partial charge in [-0.05, 0) is 37.3 Å². The lowest BCUT2D eigenvalue weighted by Crippen LogP contribution is -2.39. The van der Waals surface area contributed by atoms with Crippen LogP contribution in [0.25, 0.3) is 0 Å². The number of benzene rings is 1. The van der Waals surface area contributed by atoms with Gasteiger partial charge in [-0.3, -0.25) is 4.79 Å². The van der Waals surface area contributed by atoms with Crippen LogP contribution in [0.3, 0.4) is 0 Å². The van der Waals surface area contributed by atoms with Crippen LogP contribution in [0.4, 0.5) is 0 Å². The first-order valence-electron chi connectivity index (χ1n) is 7.17. The van der Waals surface area contributed by atoms with E-state index in [1.807, 2.05) is 30.0 Å². The van der Waals surface area contributed by atoms with Crippen molar-refractivity contribution in [2.24, 2.45) is 5.92 Å². The van der Waals surface area contributed by atoms with Gasteiger partial charge >= 0.3 is 0 Å². The Morgan fingerprint density at radius 1 is 1.32 bits per heavy atom. The molecule has 0 unspecified atom stereocenters. The highest BCUT2D eigenvalue weighted by molar-refractivity contribution is 5.75. The molecule has 1 aliphatic rings. The predicted molar refractivity (Wildman–Crippen MR) is 76.3 cm³/mol. The first kappa shape index (κ1) is 13.9. The number of carbonyl (C=O) groups is 1. The molecule has 1 aromatic rings. The molecule has 1 saturated heterocycles. The second-order valence-electron chi connectivity index (χ2n) is 5.25. The third-order valence-electron chi connectivity index (χ3n) is 3.84. The summed E-state index contributed by atoms with van der Waals surface area (Å²) in [4.78, 5) is 13.6. The molecule has 3 nitrogen and oxygen atoms in total. The largest absolute Gasteiger partial charge is 0.493 e. The fourth-order valence-corrected chi connectivity index (χ4v) is 2.50. The Morgan fingerprint density at radius 2 is 2.00 bits per heavy atom. The first-order valence-corrected chi connectivity index (χ1v) is 7.17. The number of rotatable bonds is 4. The molecule has 0 saturated carbocycles. The molecule has 0 aliphatic carbocycles. The zero-order valence-corrected chi connectivity index (χ0v) is 11.9. The Kier molecular flexibility index (Phi) is 4.83. The normalized spacial score (nSPS) is 16.4. The minimum Gasteiger partial charge on any atom is -0.493 e. The molecule has 1 aromatic carbocycles. The van der Waals surface area contributed by atoms with Crippen molar-refractivity contribution in [3.63, 3.8) is 0 Å². The van der Waals surface area contributed by atoms with Gasteiger partial charge in [0.25, 0.3) is 0 Å². The number of hydrogen-bond donors (Lipinski definition) is 0. The molecule has 1 fully saturated rings. The Balaban J connectivity index is 1.77. The summed E-state index contributed by atoms with van der Waals surface area (Å²) in [6, 6.07) is 8.12. The molecular weight excluding hydrogens is 238 g/mol. The topological polar surface area (TPSA) is 29.5 Å². The quantitative estimate of drug-likeness (QED) is 0.833. The summed E-state index contributed by atoms with van der Waals surface area (Å²) in [6.45, 7) is 6.52. The Labute approximate surface area is 115 Å². The van der Waals surface area contributed by atoms with E-state index in [1.54, 1.807) is 0 Å². The van der Waals surface area contributed by atoms with Crippen LogP contribution in [0, 0.1) is 12.8 Å². The van der Waals surface area contributed by atoms with Crippen LogP contribution in [0.2, 0.25) is 0 Å². The summed E-state index contributed by atoms with van der Waals surface area (Å²) in [7, 11) is 0. The summed E-state index contributed by atoms with van der Waals surface area (Å²) < 4.78 is 5.89. The SMILES string of the molecule is CCC(=O)N1CCC(COc2ccccc2C)CC1. The lowest BCUT2D eigenvalue weighted by molar-refractivity contribution is -0.132. The molecule has 1 aliphatic heterocycles. The second kappa shape index (κ2) is 6.60. The standard InChI is InChI=1S/C16H23NO2/c1-3-16(18)17-10-8-14(9-11-17)12-19-15-7-5-4-6-13(15)2/h4-7,14H,3,8-12H2,1-2H3. The number of aryl methyl sites for hydroxylation is 1. The zero-order valence-electron chi connectivity index (χ0n) is 11.9. The lowest BCUT2D eigenvalue weighted by atomic mass is 9.97. The van der Waals surface area contributed by atoms with Crippen LogP contribution in [0.15, 0.2) is 24.3 Å². The number of nitrogens with zero attached hydrogens (tertiary/aromatic N) is 1. The summed E-state index contributed by atoms with van der Waals surface area (Å²) >= 11 is 0. The lowest BCUT2D eigenvalue weighted by Gasteiger charge is -2.31. The smallest absolute Gasteiger partial charge is 0.222 e. The molecule has 1 heterocycles. The zero-order chi connectivity index (χ0) is 13.7. The molecule has 0 radical (unpaired) electrons. The van der Waals surface area contributed by atoms with Crippen LogP contribution in [-0.2, 0) is 4.79 Å². The first-order chi connectivity index (χ1) is 9.20. The molecule has 0 N–H and O–H groups in total. The average molecular weight is 261 g/mol. The summed E-state index contributed by atoms with van der Waals surface area (Å²) in [6.07, 6.45) is 2.72. The van der Waals surface area contributed by atoms with Crippen LogP contribution in [0.1, 0.15) is 31.7 Å². The van der Waals surface area contributed by atoms with Crippen LogP contribution in [-0.4, -0.2) is 30.5 Å². The predicted octanol–water partition coefficient (Wildman–Crippen LogP) is 3.02. The van der Waals surface area contributed by atoms with Crippen LogP contribution < -0.4 is 4.74 Å². The summed E-state index contributed by atoms with van der Waals surface area (Å²) in [5.74, 6) is 1.83. The molecule has 104 valence electrons. The molecule has 19 heavy (non-hydrogen) atoms. The Morgan fingerprint density at radius 3 is 2.63 bits per heavy atom. The van der Waals surface area contributed by atoms with E-state index >= 15 is 0 Å². The maximum Gasteiger partial charge on any atom is 0.222 e. The molecule has 0 spiro atoms. The maximum atomic E-state index is 11.6. The van der Waals surface area contributed by atoms with Gasteiger partial charge in [-0.15, -0.1) is 0 Å². The van der Waals surface area contributed by atoms with E-state index in [4.69, 9.17) is 4.74 Å². The minimum absolute atomic E-state index is 0.276. The third-order valence-corrected chi connectivity index (χ3v) is 3.84. The van der Waals surface area contributed by atoms with Crippen molar-refractivity contribution in [1.29, 1.82) is 0 Å². The van der Waals surface area contributed by atoms with Crippen molar-refractivity contribution < 1.29 is 9.53 Å².